The minimum absolute atomic E-state index is 0.0938. The van der Waals surface area contributed by atoms with Crippen molar-refractivity contribution in [2.75, 3.05) is 61.8 Å². The van der Waals surface area contributed by atoms with Gasteiger partial charge in [-0.2, -0.15) is 5.10 Å². The molecule has 1 fully saturated rings. The van der Waals surface area contributed by atoms with Gasteiger partial charge in [-0.25, -0.2) is 14.5 Å². The number of anilines is 3. The topological polar surface area (TPSA) is 154 Å². The first-order valence-electron chi connectivity index (χ1n) is 18.0. The Morgan fingerprint density at radius 1 is 0.889 bits per heavy atom. The highest BCUT2D eigenvalue weighted by Crippen LogP contribution is 2.41. The summed E-state index contributed by atoms with van der Waals surface area (Å²) in [5.41, 5.74) is 5.54. The molecule has 6 aromatic rings. The highest BCUT2D eigenvalue weighted by atomic mass is 16.5. The minimum Gasteiger partial charge on any atom is -0.492 e. The smallest absolute Gasteiger partial charge is 0.246 e. The van der Waals surface area contributed by atoms with E-state index in [1.807, 2.05) is 83.8 Å². The summed E-state index contributed by atoms with van der Waals surface area (Å²) in [5.74, 6) is 1.13. The van der Waals surface area contributed by atoms with Gasteiger partial charge >= 0.3 is 0 Å². The maximum Gasteiger partial charge on any atom is 0.246 e. The molecule has 1 aliphatic carbocycles. The third-order valence-electron chi connectivity index (χ3n) is 10.1. The molecule has 2 aromatic carbocycles. The molecule has 54 heavy (non-hydrogen) atoms. The Bertz CT molecular complexity index is 2460. The zero-order chi connectivity index (χ0) is 36.8. The van der Waals surface area contributed by atoms with Crippen molar-refractivity contribution in [2.24, 2.45) is 5.92 Å². The fraction of sp³-hybridized carbons (Fsp3) is 0.256. The molecular formula is C39H38N11O4+. The quantitative estimate of drug-likeness (QED) is 0.184. The number of ether oxygens (including phenoxy) is 1. The Labute approximate surface area is 309 Å². The van der Waals surface area contributed by atoms with E-state index in [2.05, 4.69) is 32.3 Å². The van der Waals surface area contributed by atoms with E-state index >= 15 is 0 Å². The standard InChI is InChI=1S/C39H37N11O4/c1-2-36(52)46-15-11-40-34-10-14-49-38(45-34)31(26-6-4-8-28(20-26)54-18-17-46)23-50(49)32-21-29(32)39(53)47-16-12-41-33-9-13-48-37(44-33)30(22-42-48)25-5-3-7-27(19-25)43-35(51)24-47/h2-10,13-14,19-20,22-23,29,32H,1,11-12,15-18,21,24H2,(H2,41,42,43,44,51)/p+1. The first-order valence-corrected chi connectivity index (χ1v) is 18.0. The van der Waals surface area contributed by atoms with Crippen LogP contribution in [0.2, 0.25) is 0 Å². The lowest BCUT2D eigenvalue weighted by Gasteiger charge is -2.23. The molecule has 9 rings (SSSR count). The van der Waals surface area contributed by atoms with Crippen LogP contribution >= 0.6 is 0 Å². The molecule has 4 aromatic heterocycles. The lowest BCUT2D eigenvalue weighted by molar-refractivity contribution is -0.765. The van der Waals surface area contributed by atoms with Crippen LogP contribution in [0.3, 0.4) is 0 Å². The van der Waals surface area contributed by atoms with Gasteiger partial charge in [-0.05, 0) is 47.5 Å². The van der Waals surface area contributed by atoms with Gasteiger partial charge in [-0.15, -0.1) is 9.20 Å². The second-order valence-corrected chi connectivity index (χ2v) is 13.6. The Hall–Kier alpha value is -6.77. The van der Waals surface area contributed by atoms with Crippen LogP contribution in [0.25, 0.3) is 33.5 Å². The molecule has 2 atom stereocenters. The van der Waals surface area contributed by atoms with E-state index in [-0.39, 0.29) is 36.2 Å². The SMILES string of the molecule is C=CC(=O)N1CCNc2ccn3c(n2)c(c[n+]3C2CC2C(=O)N2CCNc3ccn4ncc(c4n3)-c3cccc(c3)NC(=O)C2)-c2cccc(c2)OCC1. The first-order chi connectivity index (χ1) is 26.4. The molecule has 2 aliphatic heterocycles. The van der Waals surface area contributed by atoms with Gasteiger partial charge in [0.05, 0.1) is 31.0 Å². The summed E-state index contributed by atoms with van der Waals surface area (Å²) in [6.07, 6.45) is 9.52. The first kappa shape index (κ1) is 33.1. The van der Waals surface area contributed by atoms with Crippen molar-refractivity contribution in [3.63, 3.8) is 0 Å². The van der Waals surface area contributed by atoms with E-state index < -0.39 is 0 Å². The molecule has 0 radical (unpaired) electrons. The van der Waals surface area contributed by atoms with E-state index in [0.29, 0.717) is 80.1 Å². The summed E-state index contributed by atoms with van der Waals surface area (Å²) in [6, 6.07) is 18.9. The lowest BCUT2D eigenvalue weighted by Crippen LogP contribution is -2.44. The number of amides is 3. The summed E-state index contributed by atoms with van der Waals surface area (Å²) in [4.78, 5) is 53.3. The van der Waals surface area contributed by atoms with Crippen LogP contribution in [-0.4, -0.2) is 97.5 Å². The molecule has 0 spiro atoms. The number of fused-ring (bicyclic) bond motifs is 8. The van der Waals surface area contributed by atoms with E-state index in [1.54, 1.807) is 20.5 Å². The van der Waals surface area contributed by atoms with Crippen LogP contribution in [0.1, 0.15) is 12.5 Å². The molecule has 2 unspecified atom stereocenters. The second kappa shape index (κ2) is 13.7. The van der Waals surface area contributed by atoms with Gasteiger partial charge in [0.25, 0.3) is 0 Å². The summed E-state index contributed by atoms with van der Waals surface area (Å²) < 4.78 is 11.8. The van der Waals surface area contributed by atoms with Crippen LogP contribution in [0.4, 0.5) is 17.3 Å². The Morgan fingerprint density at radius 3 is 2.48 bits per heavy atom. The number of hydrogen-bond acceptors (Lipinski definition) is 9. The molecule has 1 saturated carbocycles. The maximum absolute atomic E-state index is 14.3. The van der Waals surface area contributed by atoms with Gasteiger partial charge in [0.15, 0.2) is 11.7 Å². The predicted molar refractivity (Wildman–Crippen MR) is 201 cm³/mol. The zero-order valence-electron chi connectivity index (χ0n) is 29.4. The fourth-order valence-electron chi connectivity index (χ4n) is 7.27. The summed E-state index contributed by atoms with van der Waals surface area (Å²) in [7, 11) is 0. The molecule has 8 bridgehead atoms. The van der Waals surface area contributed by atoms with Crippen molar-refractivity contribution in [3.8, 4) is 28.0 Å². The minimum atomic E-state index is -0.338. The van der Waals surface area contributed by atoms with Gasteiger partial charge in [0, 0.05) is 56.1 Å². The van der Waals surface area contributed by atoms with Gasteiger partial charge in [0.1, 0.15) is 29.9 Å². The number of nitrogens with zero attached hydrogens (tertiary/aromatic N) is 8. The van der Waals surface area contributed by atoms with Crippen LogP contribution in [0, 0.1) is 5.92 Å². The third-order valence-corrected chi connectivity index (χ3v) is 10.1. The number of aromatic nitrogens is 6. The highest BCUT2D eigenvalue weighted by molar-refractivity contribution is 5.96. The Kier molecular flexibility index (Phi) is 8.37. The lowest BCUT2D eigenvalue weighted by atomic mass is 10.1. The van der Waals surface area contributed by atoms with Gasteiger partial charge in [-0.1, -0.05) is 30.8 Å². The number of nitrogens with one attached hydrogen (secondary N) is 3. The van der Waals surface area contributed by atoms with Crippen molar-refractivity contribution in [2.45, 2.75) is 12.5 Å². The summed E-state index contributed by atoms with van der Waals surface area (Å²) in [6.45, 7) is 5.94. The maximum atomic E-state index is 14.3. The summed E-state index contributed by atoms with van der Waals surface area (Å²) >= 11 is 0. The molecule has 6 heterocycles. The molecule has 15 heteroatoms. The van der Waals surface area contributed by atoms with Gasteiger partial charge in [0.2, 0.25) is 29.6 Å². The zero-order valence-corrected chi connectivity index (χ0v) is 29.4. The average molecular weight is 725 g/mol. The van der Waals surface area contributed by atoms with E-state index in [0.717, 1.165) is 22.3 Å². The van der Waals surface area contributed by atoms with Crippen molar-refractivity contribution < 1.29 is 23.8 Å². The van der Waals surface area contributed by atoms with E-state index in [1.165, 1.54) is 6.08 Å². The number of hydrogen-bond donors (Lipinski definition) is 3. The van der Waals surface area contributed by atoms with Crippen molar-refractivity contribution in [1.29, 1.82) is 0 Å². The number of rotatable bonds is 3. The highest BCUT2D eigenvalue weighted by Gasteiger charge is 2.54. The number of carbonyl (C=O) groups is 3. The molecule has 3 aliphatic rings. The third kappa shape index (κ3) is 6.33. The van der Waals surface area contributed by atoms with Crippen LogP contribution in [-0.2, 0) is 14.4 Å². The Morgan fingerprint density at radius 2 is 1.65 bits per heavy atom. The second-order valence-electron chi connectivity index (χ2n) is 13.6. The molecule has 3 N–H and O–H groups in total. The average Bonchev–Trinajstić information content (AvgIpc) is 3.71. The molecule has 3 amide bonds. The van der Waals surface area contributed by atoms with Crippen LogP contribution in [0.5, 0.6) is 5.75 Å². The van der Waals surface area contributed by atoms with E-state index in [9.17, 15) is 14.4 Å². The summed E-state index contributed by atoms with van der Waals surface area (Å²) in [5, 5.41) is 14.1. The molecular weight excluding hydrogens is 687 g/mol. The Balaban J connectivity index is 0.995. The van der Waals surface area contributed by atoms with Crippen LogP contribution in [0.15, 0.2) is 98.1 Å². The van der Waals surface area contributed by atoms with Crippen LogP contribution < -0.4 is 25.4 Å². The van der Waals surface area contributed by atoms with Crippen molar-refractivity contribution in [1.82, 2.24) is 33.9 Å². The largest absolute Gasteiger partial charge is 0.492 e. The number of benzene rings is 2. The predicted octanol–water partition coefficient (Wildman–Crippen LogP) is 3.27. The monoisotopic (exact) mass is 724 g/mol. The van der Waals surface area contributed by atoms with Crippen molar-refractivity contribution >= 4 is 46.3 Å². The fourth-order valence-corrected chi connectivity index (χ4v) is 7.27. The molecule has 272 valence electrons. The van der Waals surface area contributed by atoms with Gasteiger partial charge in [-0.3, -0.25) is 14.4 Å². The van der Waals surface area contributed by atoms with Crippen molar-refractivity contribution in [3.05, 3.63) is 98.1 Å². The van der Waals surface area contributed by atoms with Gasteiger partial charge < -0.3 is 30.5 Å². The normalized spacial score (nSPS) is 18.6. The number of carbonyl (C=O) groups excluding carboxylic acids is 3. The molecule has 0 saturated heterocycles. The van der Waals surface area contributed by atoms with E-state index in [4.69, 9.17) is 14.7 Å². The molecule has 15 nitrogen and oxygen atoms in total.